The number of sulfonamides is 1. The van der Waals surface area contributed by atoms with Gasteiger partial charge in [0.05, 0.1) is 0 Å². The van der Waals surface area contributed by atoms with Gasteiger partial charge in [-0.15, -0.1) is 11.3 Å². The predicted octanol–water partition coefficient (Wildman–Crippen LogP) is 3.26. The molecule has 1 amide bonds. The third-order valence-corrected chi connectivity index (χ3v) is 8.45. The van der Waals surface area contributed by atoms with Gasteiger partial charge >= 0.3 is 0 Å². The Morgan fingerprint density at radius 1 is 1.32 bits per heavy atom. The molecule has 2 aromatic rings. The van der Waals surface area contributed by atoms with Crippen LogP contribution in [-0.2, 0) is 20.6 Å². The molecule has 0 aliphatic carbocycles. The van der Waals surface area contributed by atoms with E-state index in [0.717, 1.165) is 11.5 Å². The average Bonchev–Trinajstić information content (AvgIpc) is 3.28. The molecule has 2 aromatic heterocycles. The monoisotopic (exact) mass is 418 g/mol. The lowest BCUT2D eigenvalue weighted by Crippen LogP contribution is -2.30. The topological polar surface area (TPSA) is 66.5 Å². The largest absolute Gasteiger partial charge is 0.355 e. The lowest BCUT2D eigenvalue weighted by molar-refractivity contribution is -0.121. The first kappa shape index (κ1) is 20.4. The van der Waals surface area contributed by atoms with Crippen LogP contribution in [0.1, 0.15) is 18.4 Å². The van der Waals surface area contributed by atoms with Gasteiger partial charge in [-0.25, -0.2) is 12.7 Å². The third-order valence-electron chi connectivity index (χ3n) is 3.45. The van der Waals surface area contributed by atoms with Crippen LogP contribution in [0.3, 0.4) is 0 Å². The van der Waals surface area contributed by atoms with E-state index in [2.05, 4.69) is 22.1 Å². The summed E-state index contributed by atoms with van der Waals surface area (Å²) in [6.07, 6.45) is 0.842. The van der Waals surface area contributed by atoms with Crippen LogP contribution in [0.4, 0.5) is 0 Å². The van der Waals surface area contributed by atoms with Crippen LogP contribution in [0.15, 0.2) is 38.5 Å². The van der Waals surface area contributed by atoms with E-state index < -0.39 is 10.0 Å². The number of rotatable bonds is 11. The van der Waals surface area contributed by atoms with E-state index in [9.17, 15) is 13.2 Å². The normalized spacial score (nSPS) is 11.8. The Kier molecular flexibility index (Phi) is 8.44. The summed E-state index contributed by atoms with van der Waals surface area (Å²) in [6.45, 7) is 0.970. The summed E-state index contributed by atoms with van der Waals surface area (Å²) >= 11 is 4.68. The summed E-state index contributed by atoms with van der Waals surface area (Å²) in [5.74, 6) is 1.80. The zero-order valence-corrected chi connectivity index (χ0v) is 17.3. The molecule has 5 nitrogen and oxygen atoms in total. The fraction of sp³-hybridized carbons (Fsp3) is 0.438. The molecule has 2 rings (SSSR count). The molecule has 0 fully saturated rings. The van der Waals surface area contributed by atoms with E-state index in [4.69, 9.17) is 0 Å². The molecule has 2 heterocycles. The van der Waals surface area contributed by atoms with Crippen LogP contribution in [0.5, 0.6) is 0 Å². The van der Waals surface area contributed by atoms with Crippen LogP contribution in [0.2, 0.25) is 0 Å². The first-order valence-corrected chi connectivity index (χ1v) is 12.3. The van der Waals surface area contributed by atoms with Crippen molar-refractivity contribution in [3.05, 3.63) is 39.9 Å². The summed E-state index contributed by atoms with van der Waals surface area (Å²) in [4.78, 5) is 11.8. The van der Waals surface area contributed by atoms with Crippen molar-refractivity contribution in [1.82, 2.24) is 9.62 Å². The van der Waals surface area contributed by atoms with Crippen LogP contribution < -0.4 is 5.32 Å². The maximum atomic E-state index is 12.2. The van der Waals surface area contributed by atoms with E-state index >= 15 is 0 Å². The number of thiophene rings is 2. The van der Waals surface area contributed by atoms with E-state index in [-0.39, 0.29) is 5.91 Å². The molecule has 138 valence electrons. The Labute approximate surface area is 161 Å². The minimum absolute atomic E-state index is 0.0296. The van der Waals surface area contributed by atoms with Crippen molar-refractivity contribution in [1.29, 1.82) is 0 Å². The first-order valence-electron chi connectivity index (χ1n) is 7.85. The number of carbonyl (C=O) groups excluding carboxylic acids is 1. The molecular weight excluding hydrogens is 396 g/mol. The second-order valence-electron chi connectivity index (χ2n) is 5.40. The minimum atomic E-state index is -3.42. The van der Waals surface area contributed by atoms with Gasteiger partial charge in [0.2, 0.25) is 5.91 Å². The van der Waals surface area contributed by atoms with Crippen molar-refractivity contribution in [2.24, 2.45) is 0 Å². The van der Waals surface area contributed by atoms with Crippen molar-refractivity contribution in [3.8, 4) is 0 Å². The molecule has 0 atom stereocenters. The SMILES string of the molecule is CN(CCCC(=O)NCCSCc1ccsc1)S(=O)(=O)c1cccs1. The summed E-state index contributed by atoms with van der Waals surface area (Å²) in [5, 5.41) is 8.81. The van der Waals surface area contributed by atoms with Crippen LogP contribution in [0.25, 0.3) is 0 Å². The fourth-order valence-electron chi connectivity index (χ4n) is 2.06. The van der Waals surface area contributed by atoms with Crippen molar-refractivity contribution in [3.63, 3.8) is 0 Å². The summed E-state index contributed by atoms with van der Waals surface area (Å²) in [5.41, 5.74) is 1.32. The number of carbonyl (C=O) groups is 1. The molecule has 0 bridgehead atoms. The lowest BCUT2D eigenvalue weighted by atomic mass is 10.3. The van der Waals surface area contributed by atoms with Crippen LogP contribution in [-0.4, -0.2) is 44.5 Å². The second-order valence-corrected chi connectivity index (χ2v) is 10.5. The summed E-state index contributed by atoms with van der Waals surface area (Å²) in [6, 6.07) is 5.42. The van der Waals surface area contributed by atoms with Gasteiger partial charge in [-0.3, -0.25) is 4.79 Å². The van der Waals surface area contributed by atoms with Gasteiger partial charge in [0.15, 0.2) is 0 Å². The number of hydrogen-bond donors (Lipinski definition) is 1. The molecule has 0 spiro atoms. The highest BCUT2D eigenvalue weighted by atomic mass is 32.2. The van der Waals surface area contributed by atoms with E-state index in [1.54, 1.807) is 47.7 Å². The smallest absolute Gasteiger partial charge is 0.252 e. The number of thioether (sulfide) groups is 1. The predicted molar refractivity (Wildman–Crippen MR) is 107 cm³/mol. The molecular formula is C16H22N2O3S4. The van der Waals surface area contributed by atoms with Crippen molar-refractivity contribution in [2.75, 3.05) is 25.9 Å². The molecule has 0 radical (unpaired) electrons. The molecule has 0 unspecified atom stereocenters. The van der Waals surface area contributed by atoms with Crippen LogP contribution in [0, 0.1) is 0 Å². The van der Waals surface area contributed by atoms with Gasteiger partial charge in [-0.2, -0.15) is 23.1 Å². The maximum absolute atomic E-state index is 12.2. The van der Waals surface area contributed by atoms with Gasteiger partial charge in [0, 0.05) is 38.1 Å². The highest BCUT2D eigenvalue weighted by Crippen LogP contribution is 2.20. The van der Waals surface area contributed by atoms with Crippen molar-refractivity contribution >= 4 is 50.4 Å². The Morgan fingerprint density at radius 2 is 2.16 bits per heavy atom. The van der Waals surface area contributed by atoms with Gasteiger partial charge in [0.25, 0.3) is 10.0 Å². The fourth-order valence-corrected chi connectivity index (χ4v) is 6.05. The summed E-state index contributed by atoms with van der Waals surface area (Å²) in [7, 11) is -1.87. The molecule has 0 saturated heterocycles. The maximum Gasteiger partial charge on any atom is 0.252 e. The highest BCUT2D eigenvalue weighted by Gasteiger charge is 2.21. The zero-order chi connectivity index (χ0) is 18.1. The van der Waals surface area contributed by atoms with Gasteiger partial charge in [-0.1, -0.05) is 6.07 Å². The Hall–Kier alpha value is -0.870. The second kappa shape index (κ2) is 10.3. The number of amides is 1. The molecule has 0 saturated carbocycles. The Morgan fingerprint density at radius 3 is 2.84 bits per heavy atom. The average molecular weight is 419 g/mol. The summed E-state index contributed by atoms with van der Waals surface area (Å²) < 4.78 is 26.1. The molecule has 0 aliphatic rings. The van der Waals surface area contributed by atoms with Gasteiger partial charge in [-0.05, 0) is 40.3 Å². The van der Waals surface area contributed by atoms with Crippen LogP contribution >= 0.6 is 34.4 Å². The molecule has 1 N–H and O–H groups in total. The molecule has 9 heteroatoms. The number of nitrogens with zero attached hydrogens (tertiary/aromatic N) is 1. The number of nitrogens with one attached hydrogen (secondary N) is 1. The van der Waals surface area contributed by atoms with E-state index in [1.807, 2.05) is 0 Å². The van der Waals surface area contributed by atoms with Crippen molar-refractivity contribution < 1.29 is 13.2 Å². The molecule has 0 aliphatic heterocycles. The quantitative estimate of drug-likeness (QED) is 0.569. The third kappa shape index (κ3) is 6.74. The minimum Gasteiger partial charge on any atom is -0.355 e. The molecule has 25 heavy (non-hydrogen) atoms. The number of hydrogen-bond acceptors (Lipinski definition) is 6. The van der Waals surface area contributed by atoms with Gasteiger partial charge < -0.3 is 5.32 Å². The first-order chi connectivity index (χ1) is 12.0. The van der Waals surface area contributed by atoms with E-state index in [0.29, 0.717) is 30.1 Å². The van der Waals surface area contributed by atoms with Crippen molar-refractivity contribution in [2.45, 2.75) is 22.8 Å². The molecule has 0 aromatic carbocycles. The Balaban J connectivity index is 1.57. The Bertz CT molecular complexity index is 728. The zero-order valence-electron chi connectivity index (χ0n) is 14.0. The highest BCUT2D eigenvalue weighted by molar-refractivity contribution is 7.98. The van der Waals surface area contributed by atoms with E-state index in [1.165, 1.54) is 21.2 Å². The van der Waals surface area contributed by atoms with Gasteiger partial charge in [0.1, 0.15) is 4.21 Å². The standard InChI is InChI=1S/C16H22N2O3S4/c1-18(25(20,21)16-5-3-9-24-16)8-2-4-15(19)17-7-11-23-13-14-6-10-22-12-14/h3,5-6,9-10,12H,2,4,7-8,11,13H2,1H3,(H,17,19). The lowest BCUT2D eigenvalue weighted by Gasteiger charge is -2.15.